The zero-order chi connectivity index (χ0) is 20.5. The monoisotopic (exact) mass is 429 g/mol. The molecule has 0 spiro atoms. The number of nitrogens with two attached hydrogens (primary N) is 1. The van der Waals surface area contributed by atoms with Crippen molar-refractivity contribution < 1.29 is 14.3 Å². The van der Waals surface area contributed by atoms with E-state index in [0.29, 0.717) is 18.4 Å². The van der Waals surface area contributed by atoms with Gasteiger partial charge in [-0.25, -0.2) is 4.98 Å². The fourth-order valence-electron chi connectivity index (χ4n) is 5.48. The van der Waals surface area contributed by atoms with Gasteiger partial charge in [-0.05, 0) is 62.5 Å². The summed E-state index contributed by atoms with van der Waals surface area (Å²) in [5.41, 5.74) is 6.79. The maximum atomic E-state index is 11.3. The molecule has 6 nitrogen and oxygen atoms in total. The van der Waals surface area contributed by atoms with Crippen molar-refractivity contribution in [2.45, 2.75) is 69.4 Å². The average molecular weight is 430 g/mol. The third kappa shape index (κ3) is 4.07. The third-order valence-corrected chi connectivity index (χ3v) is 8.21. The van der Waals surface area contributed by atoms with Crippen LogP contribution in [0.25, 0.3) is 10.2 Å². The van der Waals surface area contributed by atoms with Crippen LogP contribution in [-0.4, -0.2) is 54.2 Å². The Morgan fingerprint density at radius 3 is 2.80 bits per heavy atom. The van der Waals surface area contributed by atoms with Crippen LogP contribution in [0.5, 0.6) is 5.75 Å². The van der Waals surface area contributed by atoms with Gasteiger partial charge in [0.25, 0.3) is 0 Å². The second-order valence-electron chi connectivity index (χ2n) is 8.87. The van der Waals surface area contributed by atoms with Crippen LogP contribution in [0.3, 0.4) is 0 Å². The van der Waals surface area contributed by atoms with Gasteiger partial charge < -0.3 is 15.2 Å². The van der Waals surface area contributed by atoms with Gasteiger partial charge in [-0.15, -0.1) is 11.3 Å². The predicted octanol–water partition coefficient (Wildman–Crippen LogP) is 3.61. The molecule has 1 saturated heterocycles. The summed E-state index contributed by atoms with van der Waals surface area (Å²) in [5, 5.41) is 1.19. The largest absolute Gasteiger partial charge is 0.490 e. The molecule has 0 radical (unpaired) electrons. The van der Waals surface area contributed by atoms with Crippen molar-refractivity contribution in [3.63, 3.8) is 0 Å². The molecule has 0 unspecified atom stereocenters. The minimum Gasteiger partial charge on any atom is -0.490 e. The van der Waals surface area contributed by atoms with Crippen LogP contribution in [0.15, 0.2) is 12.3 Å². The topological polar surface area (TPSA) is 77.7 Å². The van der Waals surface area contributed by atoms with E-state index >= 15 is 0 Å². The fraction of sp³-hybridized carbons (Fsp3) is 0.652. The number of rotatable bonds is 6. The number of primary amides is 1. The number of aromatic nitrogens is 1. The molecule has 2 aromatic heterocycles. The van der Waals surface area contributed by atoms with Crippen molar-refractivity contribution in [2.75, 3.05) is 26.3 Å². The van der Waals surface area contributed by atoms with Crippen LogP contribution in [0.2, 0.25) is 0 Å². The van der Waals surface area contributed by atoms with E-state index in [1.807, 2.05) is 12.3 Å². The first kappa shape index (κ1) is 20.2. The minimum atomic E-state index is -0.213. The van der Waals surface area contributed by atoms with Crippen LogP contribution in [0.4, 0.5) is 0 Å². The highest BCUT2D eigenvalue weighted by Crippen LogP contribution is 2.48. The Morgan fingerprint density at radius 1 is 1.23 bits per heavy atom. The van der Waals surface area contributed by atoms with Crippen LogP contribution < -0.4 is 10.5 Å². The maximum Gasteiger partial charge on any atom is 0.217 e. The van der Waals surface area contributed by atoms with Gasteiger partial charge in [0.05, 0.1) is 24.7 Å². The van der Waals surface area contributed by atoms with E-state index in [1.165, 1.54) is 28.7 Å². The Bertz CT molecular complexity index is 900. The molecule has 0 bridgehead atoms. The van der Waals surface area contributed by atoms with Gasteiger partial charge in [0.1, 0.15) is 10.6 Å². The molecule has 3 aliphatic rings. The summed E-state index contributed by atoms with van der Waals surface area (Å²) in [5.74, 6) is 1.16. The molecule has 1 aliphatic heterocycles. The first-order valence-corrected chi connectivity index (χ1v) is 12.2. The summed E-state index contributed by atoms with van der Waals surface area (Å²) in [4.78, 5) is 21.0. The number of hydrogen-bond acceptors (Lipinski definition) is 6. The summed E-state index contributed by atoms with van der Waals surface area (Å²) in [6.07, 6.45) is 10.2. The number of carbonyl (C=O) groups excluding carboxylic acids is 1. The first-order valence-electron chi connectivity index (χ1n) is 11.4. The molecule has 0 aromatic carbocycles. The number of carbonyl (C=O) groups is 1. The van der Waals surface area contributed by atoms with E-state index in [-0.39, 0.29) is 12.0 Å². The van der Waals surface area contributed by atoms with Gasteiger partial charge in [0, 0.05) is 36.6 Å². The zero-order valence-corrected chi connectivity index (χ0v) is 18.3. The van der Waals surface area contributed by atoms with Crippen LogP contribution in [-0.2, 0) is 16.0 Å². The molecule has 5 rings (SSSR count). The molecule has 2 fully saturated rings. The summed E-state index contributed by atoms with van der Waals surface area (Å²) < 4.78 is 12.1. The number of fused-ring (bicyclic) bond motifs is 3. The van der Waals surface area contributed by atoms with Gasteiger partial charge in [-0.1, -0.05) is 0 Å². The molecule has 3 heterocycles. The van der Waals surface area contributed by atoms with E-state index in [0.717, 1.165) is 69.0 Å². The highest BCUT2D eigenvalue weighted by molar-refractivity contribution is 7.19. The zero-order valence-electron chi connectivity index (χ0n) is 17.5. The van der Waals surface area contributed by atoms with Crippen molar-refractivity contribution >= 4 is 27.5 Å². The van der Waals surface area contributed by atoms with Gasteiger partial charge in [-0.2, -0.15) is 0 Å². The van der Waals surface area contributed by atoms with Crippen molar-refractivity contribution in [2.24, 2.45) is 5.73 Å². The lowest BCUT2D eigenvalue weighted by atomic mass is 9.91. The van der Waals surface area contributed by atoms with Crippen molar-refractivity contribution in [3.05, 3.63) is 22.7 Å². The number of morpholine rings is 1. The molecule has 1 amide bonds. The Kier molecular flexibility index (Phi) is 5.94. The maximum absolute atomic E-state index is 11.3. The molecule has 2 aromatic rings. The van der Waals surface area contributed by atoms with Crippen LogP contribution >= 0.6 is 11.3 Å². The van der Waals surface area contributed by atoms with E-state index in [2.05, 4.69) is 9.88 Å². The van der Waals surface area contributed by atoms with Gasteiger partial charge in [0.15, 0.2) is 0 Å². The Morgan fingerprint density at radius 2 is 2.03 bits per heavy atom. The Balaban J connectivity index is 1.30. The summed E-state index contributed by atoms with van der Waals surface area (Å²) in [6, 6.07) is 2.71. The highest BCUT2D eigenvalue weighted by atomic mass is 32.1. The Hall–Kier alpha value is -1.70. The second-order valence-corrected chi connectivity index (χ2v) is 9.95. The van der Waals surface area contributed by atoms with Gasteiger partial charge >= 0.3 is 0 Å². The quantitative estimate of drug-likeness (QED) is 0.759. The molecule has 162 valence electrons. The van der Waals surface area contributed by atoms with Crippen LogP contribution in [0, 0.1) is 0 Å². The molecular formula is C23H31N3O3S. The second kappa shape index (κ2) is 8.81. The molecule has 1 saturated carbocycles. The number of thiophene rings is 1. The SMILES string of the molecule is NC(=O)CC[C@H]1CCc2sc3nccc(OC4CCC(N5CCOCC5)CC4)c3c21. The number of hydrogen-bond donors (Lipinski definition) is 1. The average Bonchev–Trinajstić information content (AvgIpc) is 3.33. The molecular weight excluding hydrogens is 398 g/mol. The number of ether oxygens (including phenoxy) is 2. The highest BCUT2D eigenvalue weighted by Gasteiger charge is 2.31. The number of amides is 1. The van der Waals surface area contributed by atoms with E-state index in [1.54, 1.807) is 11.3 Å². The molecule has 7 heteroatoms. The lowest BCUT2D eigenvalue weighted by Gasteiger charge is -2.38. The summed E-state index contributed by atoms with van der Waals surface area (Å²) >= 11 is 1.79. The lowest BCUT2D eigenvalue weighted by molar-refractivity contribution is -0.118. The number of pyridine rings is 1. The van der Waals surface area contributed by atoms with E-state index in [9.17, 15) is 4.79 Å². The molecule has 1 atom stereocenters. The standard InChI is InChI=1S/C23H31N3O3S/c24-20(27)8-2-15-1-7-19-21(15)22-18(9-10-25-23(22)30-19)29-17-5-3-16(4-6-17)26-11-13-28-14-12-26/h9-10,15-17H,1-8,11-14H2,(H2,24,27)/t15-,16?,17?/m1/s1. The van der Waals surface area contributed by atoms with E-state index < -0.39 is 0 Å². The minimum absolute atomic E-state index is 0.213. The lowest BCUT2D eigenvalue weighted by Crippen LogP contribution is -2.46. The number of aryl methyl sites for hydroxylation is 1. The van der Waals surface area contributed by atoms with Gasteiger partial charge in [-0.3, -0.25) is 9.69 Å². The molecule has 30 heavy (non-hydrogen) atoms. The Labute approximate surface area is 181 Å². The van der Waals surface area contributed by atoms with Gasteiger partial charge in [0.2, 0.25) is 5.91 Å². The molecule has 2 aliphatic carbocycles. The normalized spacial score (nSPS) is 27.3. The molecule has 2 N–H and O–H groups in total. The van der Waals surface area contributed by atoms with Crippen LogP contribution in [0.1, 0.15) is 61.3 Å². The van der Waals surface area contributed by atoms with Crippen molar-refractivity contribution in [1.29, 1.82) is 0 Å². The first-order chi connectivity index (χ1) is 14.7. The summed E-state index contributed by atoms with van der Waals surface area (Å²) in [7, 11) is 0. The smallest absolute Gasteiger partial charge is 0.217 e. The predicted molar refractivity (Wildman–Crippen MR) is 118 cm³/mol. The third-order valence-electron chi connectivity index (χ3n) is 7.03. The van der Waals surface area contributed by atoms with E-state index in [4.69, 9.17) is 15.2 Å². The summed E-state index contributed by atoms with van der Waals surface area (Å²) in [6.45, 7) is 3.86. The van der Waals surface area contributed by atoms with Crippen molar-refractivity contribution in [1.82, 2.24) is 9.88 Å². The number of nitrogens with zero attached hydrogens (tertiary/aromatic N) is 2. The fourth-order valence-corrected chi connectivity index (χ4v) is 6.74. The van der Waals surface area contributed by atoms with Crippen molar-refractivity contribution in [3.8, 4) is 5.75 Å².